The van der Waals surface area contributed by atoms with Gasteiger partial charge in [0.25, 0.3) is 0 Å². The molecule has 90 valence electrons. The average Bonchev–Trinajstić information content (AvgIpc) is 2.31. The number of aromatic nitrogens is 2. The molecule has 16 heavy (non-hydrogen) atoms. The standard InChI is InChI=1S/C10H17BrN4S/c1-7(16-3)4-5-13-9-8(11)6-14-10(12-2)15-9/h6-7H,4-5H2,1-3H3,(H2,12,13,14,15). The second-order valence-corrected chi connectivity index (χ2v) is 5.53. The predicted octanol–water partition coefficient (Wildman–Crippen LogP) is 2.83. The Morgan fingerprint density at radius 1 is 1.56 bits per heavy atom. The summed E-state index contributed by atoms with van der Waals surface area (Å²) in [5.74, 6) is 1.47. The molecule has 1 heterocycles. The first-order valence-corrected chi connectivity index (χ1v) is 7.22. The quantitative estimate of drug-likeness (QED) is 0.846. The third-order valence-electron chi connectivity index (χ3n) is 2.21. The van der Waals surface area contributed by atoms with Crippen LogP contribution in [0.4, 0.5) is 11.8 Å². The molecule has 1 unspecified atom stereocenters. The monoisotopic (exact) mass is 304 g/mol. The highest BCUT2D eigenvalue weighted by Gasteiger charge is 2.04. The maximum atomic E-state index is 4.33. The lowest BCUT2D eigenvalue weighted by Crippen LogP contribution is -2.10. The van der Waals surface area contributed by atoms with E-state index < -0.39 is 0 Å². The Hall–Kier alpha value is -0.490. The van der Waals surface area contributed by atoms with Gasteiger partial charge in [0, 0.05) is 25.0 Å². The third kappa shape index (κ3) is 4.17. The van der Waals surface area contributed by atoms with Gasteiger partial charge < -0.3 is 10.6 Å². The van der Waals surface area contributed by atoms with E-state index in [9.17, 15) is 0 Å². The van der Waals surface area contributed by atoms with Crippen LogP contribution in [0.15, 0.2) is 10.7 Å². The minimum atomic E-state index is 0.628. The van der Waals surface area contributed by atoms with Gasteiger partial charge in [0.05, 0.1) is 4.47 Å². The van der Waals surface area contributed by atoms with Gasteiger partial charge in [-0.05, 0) is 28.6 Å². The van der Waals surface area contributed by atoms with Crippen molar-refractivity contribution in [2.45, 2.75) is 18.6 Å². The van der Waals surface area contributed by atoms with E-state index in [-0.39, 0.29) is 0 Å². The van der Waals surface area contributed by atoms with E-state index in [4.69, 9.17) is 0 Å². The van der Waals surface area contributed by atoms with Crippen LogP contribution in [-0.2, 0) is 0 Å². The van der Waals surface area contributed by atoms with Crippen molar-refractivity contribution in [1.82, 2.24) is 9.97 Å². The van der Waals surface area contributed by atoms with Crippen LogP contribution >= 0.6 is 27.7 Å². The molecule has 0 saturated heterocycles. The first kappa shape index (κ1) is 13.6. The highest BCUT2D eigenvalue weighted by atomic mass is 79.9. The number of hydrogen-bond acceptors (Lipinski definition) is 5. The molecule has 1 atom stereocenters. The van der Waals surface area contributed by atoms with Gasteiger partial charge in [0.2, 0.25) is 5.95 Å². The molecule has 4 nitrogen and oxygen atoms in total. The molecule has 1 rings (SSSR count). The lowest BCUT2D eigenvalue weighted by atomic mass is 10.3. The van der Waals surface area contributed by atoms with Crippen molar-refractivity contribution in [3.05, 3.63) is 10.7 Å². The second kappa shape index (κ2) is 6.96. The molecule has 1 aromatic heterocycles. The third-order valence-corrected chi connectivity index (χ3v) is 3.83. The van der Waals surface area contributed by atoms with Crippen LogP contribution < -0.4 is 10.6 Å². The van der Waals surface area contributed by atoms with E-state index in [0.29, 0.717) is 11.2 Å². The van der Waals surface area contributed by atoms with Gasteiger partial charge >= 0.3 is 0 Å². The van der Waals surface area contributed by atoms with Crippen molar-refractivity contribution < 1.29 is 0 Å². The molecule has 0 aliphatic rings. The molecule has 0 spiro atoms. The van der Waals surface area contributed by atoms with Gasteiger partial charge in [-0.1, -0.05) is 6.92 Å². The summed E-state index contributed by atoms with van der Waals surface area (Å²) in [5.41, 5.74) is 0. The number of nitrogens with zero attached hydrogens (tertiary/aromatic N) is 2. The van der Waals surface area contributed by atoms with E-state index in [1.807, 2.05) is 18.8 Å². The van der Waals surface area contributed by atoms with Crippen molar-refractivity contribution >= 4 is 39.5 Å². The summed E-state index contributed by atoms with van der Waals surface area (Å²) in [6.45, 7) is 3.14. The van der Waals surface area contributed by atoms with Gasteiger partial charge in [-0.15, -0.1) is 0 Å². The zero-order valence-electron chi connectivity index (χ0n) is 9.75. The lowest BCUT2D eigenvalue weighted by molar-refractivity contribution is 0.848. The fourth-order valence-electron chi connectivity index (χ4n) is 1.12. The minimum Gasteiger partial charge on any atom is -0.369 e. The summed E-state index contributed by atoms with van der Waals surface area (Å²) in [7, 11) is 1.81. The zero-order valence-corrected chi connectivity index (χ0v) is 12.2. The maximum absolute atomic E-state index is 4.33. The summed E-state index contributed by atoms with van der Waals surface area (Å²) < 4.78 is 0.892. The maximum Gasteiger partial charge on any atom is 0.224 e. The molecule has 0 bridgehead atoms. The smallest absolute Gasteiger partial charge is 0.224 e. The van der Waals surface area contributed by atoms with Crippen LogP contribution in [-0.4, -0.2) is 35.1 Å². The first-order valence-electron chi connectivity index (χ1n) is 5.14. The summed E-state index contributed by atoms with van der Waals surface area (Å²) in [6.07, 6.45) is 5.00. The first-order chi connectivity index (χ1) is 7.67. The van der Waals surface area contributed by atoms with Crippen LogP contribution in [0.1, 0.15) is 13.3 Å². The Morgan fingerprint density at radius 3 is 2.94 bits per heavy atom. The van der Waals surface area contributed by atoms with Gasteiger partial charge in [0.1, 0.15) is 5.82 Å². The number of thioether (sulfide) groups is 1. The summed E-state index contributed by atoms with van der Waals surface area (Å²) in [6, 6.07) is 0. The summed E-state index contributed by atoms with van der Waals surface area (Å²) in [4.78, 5) is 8.43. The topological polar surface area (TPSA) is 49.8 Å². The Labute approximate surface area is 109 Å². The van der Waals surface area contributed by atoms with Crippen LogP contribution in [0.3, 0.4) is 0 Å². The molecular weight excluding hydrogens is 288 g/mol. The fourth-order valence-corrected chi connectivity index (χ4v) is 1.81. The van der Waals surface area contributed by atoms with Crippen molar-refractivity contribution in [1.29, 1.82) is 0 Å². The molecule has 1 aromatic rings. The van der Waals surface area contributed by atoms with E-state index in [2.05, 4.69) is 49.7 Å². The van der Waals surface area contributed by atoms with Gasteiger partial charge in [-0.25, -0.2) is 4.98 Å². The molecule has 0 saturated carbocycles. The summed E-state index contributed by atoms with van der Waals surface area (Å²) in [5, 5.41) is 6.88. The van der Waals surface area contributed by atoms with Crippen molar-refractivity contribution in [2.24, 2.45) is 0 Å². The SMILES string of the molecule is CNc1ncc(Br)c(NCCC(C)SC)n1. The highest BCUT2D eigenvalue weighted by molar-refractivity contribution is 9.10. The van der Waals surface area contributed by atoms with Gasteiger partial charge in [-0.3, -0.25) is 0 Å². The van der Waals surface area contributed by atoms with Crippen molar-refractivity contribution in [2.75, 3.05) is 30.5 Å². The predicted molar refractivity (Wildman–Crippen MR) is 75.4 cm³/mol. The molecule has 0 fully saturated rings. The molecule has 2 N–H and O–H groups in total. The second-order valence-electron chi connectivity index (χ2n) is 3.40. The average molecular weight is 305 g/mol. The van der Waals surface area contributed by atoms with E-state index in [0.717, 1.165) is 23.3 Å². The largest absolute Gasteiger partial charge is 0.369 e. The number of rotatable bonds is 6. The highest BCUT2D eigenvalue weighted by Crippen LogP contribution is 2.20. The van der Waals surface area contributed by atoms with Crippen molar-refractivity contribution in [3.63, 3.8) is 0 Å². The fraction of sp³-hybridized carbons (Fsp3) is 0.600. The normalized spacial score (nSPS) is 12.2. The van der Waals surface area contributed by atoms with Crippen LogP contribution in [0.2, 0.25) is 0 Å². The summed E-state index contributed by atoms with van der Waals surface area (Å²) >= 11 is 5.30. The van der Waals surface area contributed by atoms with E-state index in [1.54, 1.807) is 6.20 Å². The van der Waals surface area contributed by atoms with Crippen LogP contribution in [0.5, 0.6) is 0 Å². The molecule has 0 radical (unpaired) electrons. The van der Waals surface area contributed by atoms with Gasteiger partial charge in [-0.2, -0.15) is 16.7 Å². The molecular formula is C10H17BrN4S. The Morgan fingerprint density at radius 2 is 2.31 bits per heavy atom. The lowest BCUT2D eigenvalue weighted by Gasteiger charge is -2.11. The van der Waals surface area contributed by atoms with E-state index >= 15 is 0 Å². The Bertz CT molecular complexity index is 335. The molecule has 0 aliphatic heterocycles. The minimum absolute atomic E-state index is 0.628. The van der Waals surface area contributed by atoms with E-state index in [1.165, 1.54) is 0 Å². The molecule has 0 aromatic carbocycles. The van der Waals surface area contributed by atoms with Crippen LogP contribution in [0.25, 0.3) is 0 Å². The zero-order chi connectivity index (χ0) is 12.0. The number of nitrogens with one attached hydrogen (secondary N) is 2. The van der Waals surface area contributed by atoms with Crippen LogP contribution in [0, 0.1) is 0 Å². The number of hydrogen-bond donors (Lipinski definition) is 2. The molecule has 6 heteroatoms. The Kier molecular flexibility index (Phi) is 5.90. The Balaban J connectivity index is 2.52. The number of halogens is 1. The van der Waals surface area contributed by atoms with Gasteiger partial charge in [0.15, 0.2) is 0 Å². The molecule has 0 aliphatic carbocycles. The van der Waals surface area contributed by atoms with Crippen molar-refractivity contribution in [3.8, 4) is 0 Å². The number of anilines is 2. The molecule has 0 amide bonds.